The van der Waals surface area contributed by atoms with Gasteiger partial charge in [-0.25, -0.2) is 0 Å². The van der Waals surface area contributed by atoms with E-state index in [1.807, 2.05) is 6.20 Å². The molecule has 0 radical (unpaired) electrons. The van der Waals surface area contributed by atoms with Gasteiger partial charge in [0.1, 0.15) is 0 Å². The Labute approximate surface area is 103 Å². The molecule has 0 saturated carbocycles. The van der Waals surface area contributed by atoms with Gasteiger partial charge in [0.2, 0.25) is 0 Å². The average molecular weight is 237 g/mol. The first-order chi connectivity index (χ1) is 8.18. The highest BCUT2D eigenvalue weighted by atomic mass is 16.5. The summed E-state index contributed by atoms with van der Waals surface area (Å²) in [6.07, 6.45) is 4.78. The van der Waals surface area contributed by atoms with Crippen molar-refractivity contribution in [2.75, 3.05) is 13.2 Å². The average Bonchev–Trinajstić information content (AvgIpc) is 2.89. The number of hydrogen-bond acceptors (Lipinski definition) is 3. The number of rotatable bonds is 5. The second-order valence-electron chi connectivity index (χ2n) is 5.06. The van der Waals surface area contributed by atoms with E-state index in [4.69, 9.17) is 4.74 Å². The second-order valence-corrected chi connectivity index (χ2v) is 5.06. The fraction of sp³-hybridized carbons (Fsp3) is 0.769. The minimum atomic E-state index is 0.412. The molecule has 4 heteroatoms. The molecule has 1 atom stereocenters. The fourth-order valence-corrected chi connectivity index (χ4v) is 2.33. The Morgan fingerprint density at radius 3 is 3.00 bits per heavy atom. The van der Waals surface area contributed by atoms with Crippen molar-refractivity contribution in [1.82, 2.24) is 15.1 Å². The Morgan fingerprint density at radius 1 is 1.59 bits per heavy atom. The predicted octanol–water partition coefficient (Wildman–Crippen LogP) is 2.04. The Morgan fingerprint density at radius 2 is 2.41 bits per heavy atom. The van der Waals surface area contributed by atoms with Crippen molar-refractivity contribution < 1.29 is 4.74 Å². The third kappa shape index (κ3) is 3.07. The predicted molar refractivity (Wildman–Crippen MR) is 68.0 cm³/mol. The van der Waals surface area contributed by atoms with E-state index < -0.39 is 0 Å². The van der Waals surface area contributed by atoms with E-state index in [9.17, 15) is 0 Å². The second kappa shape index (κ2) is 5.65. The molecule has 1 aromatic rings. The lowest BCUT2D eigenvalue weighted by molar-refractivity contribution is 0.110. The Hall–Kier alpha value is -0.870. The minimum absolute atomic E-state index is 0.412. The molecular formula is C13H23N3O. The van der Waals surface area contributed by atoms with Crippen molar-refractivity contribution in [3.63, 3.8) is 0 Å². The van der Waals surface area contributed by atoms with E-state index in [1.165, 1.54) is 24.1 Å². The van der Waals surface area contributed by atoms with Crippen molar-refractivity contribution in [3.8, 4) is 0 Å². The van der Waals surface area contributed by atoms with Gasteiger partial charge in [0.25, 0.3) is 0 Å². The van der Waals surface area contributed by atoms with Crippen LogP contribution in [0.5, 0.6) is 0 Å². The van der Waals surface area contributed by atoms with E-state index in [0.717, 1.165) is 19.7 Å². The SMILES string of the molecule is Cc1c(CNC[C@H]2CCCO2)cnn1C(C)C. The largest absolute Gasteiger partial charge is 0.377 e. The van der Waals surface area contributed by atoms with Crippen LogP contribution in [-0.2, 0) is 11.3 Å². The normalized spacial score (nSPS) is 20.4. The molecule has 1 aliphatic heterocycles. The molecule has 1 N–H and O–H groups in total. The molecule has 0 aromatic carbocycles. The first-order valence-electron chi connectivity index (χ1n) is 6.53. The zero-order chi connectivity index (χ0) is 12.3. The monoisotopic (exact) mass is 237 g/mol. The Bertz CT molecular complexity index is 354. The topological polar surface area (TPSA) is 39.1 Å². The maximum Gasteiger partial charge on any atom is 0.0700 e. The zero-order valence-electron chi connectivity index (χ0n) is 11.1. The summed E-state index contributed by atoms with van der Waals surface area (Å²) in [5.74, 6) is 0. The van der Waals surface area contributed by atoms with Crippen LogP contribution in [-0.4, -0.2) is 29.0 Å². The summed E-state index contributed by atoms with van der Waals surface area (Å²) in [5, 5.41) is 7.87. The van der Waals surface area contributed by atoms with Crippen molar-refractivity contribution >= 4 is 0 Å². The summed E-state index contributed by atoms with van der Waals surface area (Å²) in [5.41, 5.74) is 2.55. The molecule has 0 amide bonds. The van der Waals surface area contributed by atoms with E-state index in [2.05, 4.69) is 35.9 Å². The maximum absolute atomic E-state index is 5.58. The van der Waals surface area contributed by atoms with E-state index in [0.29, 0.717) is 12.1 Å². The fourth-order valence-electron chi connectivity index (χ4n) is 2.33. The molecule has 1 fully saturated rings. The Balaban J connectivity index is 1.82. The van der Waals surface area contributed by atoms with Crippen LogP contribution in [0.3, 0.4) is 0 Å². The van der Waals surface area contributed by atoms with Crippen LogP contribution in [0.2, 0.25) is 0 Å². The smallest absolute Gasteiger partial charge is 0.0700 e. The number of nitrogens with zero attached hydrogens (tertiary/aromatic N) is 2. The third-order valence-electron chi connectivity index (χ3n) is 3.35. The first-order valence-corrected chi connectivity index (χ1v) is 6.53. The van der Waals surface area contributed by atoms with Crippen molar-refractivity contribution in [2.24, 2.45) is 0 Å². The van der Waals surface area contributed by atoms with E-state index in [-0.39, 0.29) is 0 Å². The number of nitrogens with one attached hydrogen (secondary N) is 1. The summed E-state index contributed by atoms with van der Waals surface area (Å²) in [6.45, 7) is 9.21. The molecule has 0 aliphatic carbocycles. The van der Waals surface area contributed by atoms with Gasteiger partial charge in [0.05, 0.1) is 12.3 Å². The van der Waals surface area contributed by atoms with Gasteiger partial charge in [-0.2, -0.15) is 5.10 Å². The lowest BCUT2D eigenvalue weighted by atomic mass is 10.2. The third-order valence-corrected chi connectivity index (χ3v) is 3.35. The van der Waals surface area contributed by atoms with Gasteiger partial charge in [-0.1, -0.05) is 0 Å². The standard InChI is InChI=1S/C13H23N3O/c1-10(2)16-11(3)12(8-15-16)7-14-9-13-5-4-6-17-13/h8,10,13-14H,4-7,9H2,1-3H3/t13-/m1/s1. The number of ether oxygens (including phenoxy) is 1. The zero-order valence-corrected chi connectivity index (χ0v) is 11.1. The molecule has 0 bridgehead atoms. The van der Waals surface area contributed by atoms with Gasteiger partial charge < -0.3 is 10.1 Å². The van der Waals surface area contributed by atoms with Gasteiger partial charge in [-0.15, -0.1) is 0 Å². The lowest BCUT2D eigenvalue weighted by Crippen LogP contribution is -2.26. The van der Waals surface area contributed by atoms with Crippen LogP contribution in [0.1, 0.15) is 44.0 Å². The highest BCUT2D eigenvalue weighted by Gasteiger charge is 2.15. The molecule has 4 nitrogen and oxygen atoms in total. The van der Waals surface area contributed by atoms with Crippen molar-refractivity contribution in [1.29, 1.82) is 0 Å². The minimum Gasteiger partial charge on any atom is -0.377 e. The van der Waals surface area contributed by atoms with E-state index in [1.54, 1.807) is 0 Å². The highest BCUT2D eigenvalue weighted by molar-refractivity contribution is 5.16. The van der Waals surface area contributed by atoms with Crippen LogP contribution >= 0.6 is 0 Å². The maximum atomic E-state index is 5.58. The van der Waals surface area contributed by atoms with Gasteiger partial charge in [0, 0.05) is 37.0 Å². The van der Waals surface area contributed by atoms with Crippen LogP contribution in [0.4, 0.5) is 0 Å². The summed E-state index contributed by atoms with van der Waals surface area (Å²) < 4.78 is 7.65. The molecule has 2 heterocycles. The quantitative estimate of drug-likeness (QED) is 0.852. The summed E-state index contributed by atoms with van der Waals surface area (Å²) in [6, 6.07) is 0.432. The van der Waals surface area contributed by atoms with Crippen molar-refractivity contribution in [3.05, 3.63) is 17.5 Å². The van der Waals surface area contributed by atoms with Gasteiger partial charge in [-0.05, 0) is 33.6 Å². The van der Waals surface area contributed by atoms with Gasteiger partial charge >= 0.3 is 0 Å². The molecule has 2 rings (SSSR count). The Kier molecular flexibility index (Phi) is 4.18. The molecule has 1 aliphatic rings. The lowest BCUT2D eigenvalue weighted by Gasteiger charge is -2.11. The summed E-state index contributed by atoms with van der Waals surface area (Å²) >= 11 is 0. The highest BCUT2D eigenvalue weighted by Crippen LogP contribution is 2.13. The summed E-state index contributed by atoms with van der Waals surface area (Å²) in [4.78, 5) is 0. The number of hydrogen-bond donors (Lipinski definition) is 1. The first kappa shape index (κ1) is 12.6. The molecule has 0 spiro atoms. The van der Waals surface area contributed by atoms with Crippen LogP contribution in [0, 0.1) is 6.92 Å². The van der Waals surface area contributed by atoms with Gasteiger partial charge in [-0.3, -0.25) is 4.68 Å². The van der Waals surface area contributed by atoms with Crippen molar-refractivity contribution in [2.45, 2.75) is 52.3 Å². The molecule has 17 heavy (non-hydrogen) atoms. The molecular weight excluding hydrogens is 214 g/mol. The summed E-state index contributed by atoms with van der Waals surface area (Å²) in [7, 11) is 0. The van der Waals surface area contributed by atoms with E-state index >= 15 is 0 Å². The molecule has 1 aromatic heterocycles. The van der Waals surface area contributed by atoms with Crippen LogP contribution in [0.25, 0.3) is 0 Å². The van der Waals surface area contributed by atoms with Crippen LogP contribution < -0.4 is 5.32 Å². The van der Waals surface area contributed by atoms with Crippen LogP contribution in [0.15, 0.2) is 6.20 Å². The van der Waals surface area contributed by atoms with Gasteiger partial charge in [0.15, 0.2) is 0 Å². The molecule has 96 valence electrons. The molecule has 0 unspecified atom stereocenters. The number of aromatic nitrogens is 2. The molecule has 1 saturated heterocycles.